The number of hydrazine groups is 1. The molecule has 0 aliphatic heterocycles. The van der Waals surface area contributed by atoms with E-state index in [1.807, 2.05) is 0 Å². The van der Waals surface area contributed by atoms with E-state index in [4.69, 9.17) is 0 Å². The van der Waals surface area contributed by atoms with Crippen molar-refractivity contribution in [1.29, 1.82) is 0 Å². The van der Waals surface area contributed by atoms with Crippen LogP contribution in [-0.4, -0.2) is 17.9 Å². The third-order valence-electron chi connectivity index (χ3n) is 1.92. The van der Waals surface area contributed by atoms with Crippen LogP contribution in [0.15, 0.2) is 18.2 Å². The number of non-ortho nitro benzene ring substituents is 1. The molecule has 1 aromatic rings. The van der Waals surface area contributed by atoms with Crippen LogP contribution in [0.1, 0.15) is 15.9 Å². The van der Waals surface area contributed by atoms with Gasteiger partial charge in [-0.25, -0.2) is 5.43 Å². The molecule has 0 spiro atoms. The fourth-order valence-corrected chi connectivity index (χ4v) is 1.15. The van der Waals surface area contributed by atoms with E-state index in [1.165, 1.54) is 12.1 Å². The third kappa shape index (κ3) is 2.50. The Kier molecular flexibility index (Phi) is 3.35. The molecular formula is C9H11N3O3. The Balaban J connectivity index is 3.10. The molecule has 6 nitrogen and oxygen atoms in total. The highest BCUT2D eigenvalue weighted by molar-refractivity contribution is 5.95. The van der Waals surface area contributed by atoms with Gasteiger partial charge in [0.15, 0.2) is 0 Å². The zero-order valence-electron chi connectivity index (χ0n) is 8.40. The van der Waals surface area contributed by atoms with Gasteiger partial charge in [-0.2, -0.15) is 0 Å². The van der Waals surface area contributed by atoms with Gasteiger partial charge in [0.05, 0.1) is 10.5 Å². The first-order chi connectivity index (χ1) is 7.06. The van der Waals surface area contributed by atoms with Crippen LogP contribution in [0.25, 0.3) is 0 Å². The second-order valence-electron chi connectivity index (χ2n) is 2.96. The topological polar surface area (TPSA) is 84.3 Å². The van der Waals surface area contributed by atoms with Crippen molar-refractivity contribution in [2.45, 2.75) is 6.92 Å². The Morgan fingerprint density at radius 2 is 2.13 bits per heavy atom. The third-order valence-corrected chi connectivity index (χ3v) is 1.92. The molecule has 1 rings (SSSR count). The summed E-state index contributed by atoms with van der Waals surface area (Å²) in [5.74, 6) is -0.390. The van der Waals surface area contributed by atoms with Gasteiger partial charge in [0, 0.05) is 19.2 Å². The molecule has 80 valence electrons. The molecule has 0 heterocycles. The molecule has 1 aromatic carbocycles. The van der Waals surface area contributed by atoms with Gasteiger partial charge in [0.25, 0.3) is 11.6 Å². The summed E-state index contributed by atoms with van der Waals surface area (Å²) in [6.07, 6.45) is 0. The highest BCUT2D eigenvalue weighted by atomic mass is 16.6. The van der Waals surface area contributed by atoms with E-state index in [2.05, 4.69) is 10.9 Å². The van der Waals surface area contributed by atoms with Gasteiger partial charge >= 0.3 is 0 Å². The first kappa shape index (κ1) is 11.1. The number of nitrogens with zero attached hydrogens (tertiary/aromatic N) is 1. The summed E-state index contributed by atoms with van der Waals surface area (Å²) < 4.78 is 0. The fraction of sp³-hybridized carbons (Fsp3) is 0.222. The van der Waals surface area contributed by atoms with Gasteiger partial charge in [0.2, 0.25) is 0 Å². The summed E-state index contributed by atoms with van der Waals surface area (Å²) in [5, 5.41) is 10.5. The lowest BCUT2D eigenvalue weighted by Gasteiger charge is -2.05. The maximum atomic E-state index is 11.4. The number of nitrogens with one attached hydrogen (secondary N) is 2. The van der Waals surface area contributed by atoms with Crippen molar-refractivity contribution in [3.63, 3.8) is 0 Å². The second kappa shape index (κ2) is 4.52. The van der Waals surface area contributed by atoms with Gasteiger partial charge < -0.3 is 0 Å². The first-order valence-corrected chi connectivity index (χ1v) is 4.28. The maximum Gasteiger partial charge on any atom is 0.270 e. The van der Waals surface area contributed by atoms with Crippen molar-refractivity contribution < 1.29 is 9.72 Å². The van der Waals surface area contributed by atoms with Gasteiger partial charge in [-0.3, -0.25) is 20.3 Å². The normalized spacial score (nSPS) is 9.73. The molecule has 0 saturated carbocycles. The van der Waals surface area contributed by atoms with Crippen LogP contribution in [-0.2, 0) is 0 Å². The van der Waals surface area contributed by atoms with Crippen molar-refractivity contribution in [3.05, 3.63) is 39.4 Å². The largest absolute Gasteiger partial charge is 0.288 e. The van der Waals surface area contributed by atoms with E-state index in [1.54, 1.807) is 20.0 Å². The Morgan fingerprint density at radius 3 is 2.67 bits per heavy atom. The zero-order valence-corrected chi connectivity index (χ0v) is 8.40. The number of carbonyl (C=O) groups is 1. The monoisotopic (exact) mass is 209 g/mol. The Hall–Kier alpha value is -1.95. The van der Waals surface area contributed by atoms with Crippen molar-refractivity contribution in [3.8, 4) is 0 Å². The van der Waals surface area contributed by atoms with Crippen LogP contribution in [0.4, 0.5) is 5.69 Å². The van der Waals surface area contributed by atoms with Crippen molar-refractivity contribution in [1.82, 2.24) is 10.9 Å². The summed E-state index contributed by atoms with van der Waals surface area (Å²) in [6.45, 7) is 1.72. The van der Waals surface area contributed by atoms with Crippen LogP contribution in [0.2, 0.25) is 0 Å². The predicted octanol–water partition coefficient (Wildman–Crippen LogP) is 0.767. The molecule has 2 N–H and O–H groups in total. The second-order valence-corrected chi connectivity index (χ2v) is 2.96. The molecule has 0 aliphatic rings. The van der Waals surface area contributed by atoms with Gasteiger partial charge in [-0.05, 0) is 12.5 Å². The molecule has 15 heavy (non-hydrogen) atoms. The van der Waals surface area contributed by atoms with E-state index >= 15 is 0 Å². The minimum Gasteiger partial charge on any atom is -0.288 e. The lowest BCUT2D eigenvalue weighted by Crippen LogP contribution is -2.34. The van der Waals surface area contributed by atoms with Crippen LogP contribution in [0, 0.1) is 17.0 Å². The van der Waals surface area contributed by atoms with Crippen molar-refractivity contribution in [2.24, 2.45) is 0 Å². The minimum absolute atomic E-state index is 0.0955. The average molecular weight is 209 g/mol. The molecule has 0 fully saturated rings. The number of benzene rings is 1. The van der Waals surface area contributed by atoms with Crippen LogP contribution < -0.4 is 10.9 Å². The number of nitro benzene ring substituents is 1. The van der Waals surface area contributed by atoms with E-state index in [9.17, 15) is 14.9 Å². The number of aryl methyl sites for hydroxylation is 1. The molecule has 0 aromatic heterocycles. The van der Waals surface area contributed by atoms with Gasteiger partial charge in [0.1, 0.15) is 0 Å². The Morgan fingerprint density at radius 1 is 1.47 bits per heavy atom. The molecule has 0 unspecified atom stereocenters. The fourth-order valence-electron chi connectivity index (χ4n) is 1.15. The van der Waals surface area contributed by atoms with Crippen molar-refractivity contribution in [2.75, 3.05) is 7.05 Å². The molecule has 0 saturated heterocycles. The quantitative estimate of drug-likeness (QED) is 0.568. The summed E-state index contributed by atoms with van der Waals surface area (Å²) in [5.41, 5.74) is 5.71. The number of hydrogen-bond donors (Lipinski definition) is 2. The number of carbonyl (C=O) groups excluding carboxylic acids is 1. The summed E-state index contributed by atoms with van der Waals surface area (Å²) in [7, 11) is 1.55. The van der Waals surface area contributed by atoms with Gasteiger partial charge in [-0.15, -0.1) is 0 Å². The van der Waals surface area contributed by atoms with Crippen LogP contribution in [0.5, 0.6) is 0 Å². The number of hydrogen-bond acceptors (Lipinski definition) is 4. The van der Waals surface area contributed by atoms with Crippen molar-refractivity contribution >= 4 is 11.6 Å². The highest BCUT2D eigenvalue weighted by Crippen LogP contribution is 2.16. The van der Waals surface area contributed by atoms with Gasteiger partial charge in [-0.1, -0.05) is 6.07 Å². The molecule has 6 heteroatoms. The van der Waals surface area contributed by atoms with E-state index < -0.39 is 10.8 Å². The van der Waals surface area contributed by atoms with Crippen LogP contribution in [0.3, 0.4) is 0 Å². The zero-order chi connectivity index (χ0) is 11.4. The van der Waals surface area contributed by atoms with E-state index in [0.717, 1.165) is 0 Å². The summed E-state index contributed by atoms with van der Waals surface area (Å²) in [6, 6.07) is 4.16. The maximum absolute atomic E-state index is 11.4. The number of amides is 1. The van der Waals surface area contributed by atoms with E-state index in [-0.39, 0.29) is 5.69 Å². The predicted molar refractivity (Wildman–Crippen MR) is 54.4 cm³/mol. The average Bonchev–Trinajstić information content (AvgIpc) is 2.18. The molecule has 0 atom stereocenters. The van der Waals surface area contributed by atoms with E-state index in [0.29, 0.717) is 11.1 Å². The lowest BCUT2D eigenvalue weighted by molar-refractivity contribution is -0.384. The Labute approximate surface area is 86.4 Å². The minimum atomic E-state index is -0.532. The molecule has 0 bridgehead atoms. The standard InChI is InChI=1S/C9H11N3O3/c1-6-3-4-7(12(14)15)5-8(6)9(13)11-10-2/h3-5,10H,1-2H3,(H,11,13). The molecular weight excluding hydrogens is 198 g/mol. The first-order valence-electron chi connectivity index (χ1n) is 4.28. The summed E-state index contributed by atoms with van der Waals surface area (Å²) >= 11 is 0. The number of nitro groups is 1. The smallest absolute Gasteiger partial charge is 0.270 e. The lowest BCUT2D eigenvalue weighted by atomic mass is 10.1. The van der Waals surface area contributed by atoms with Crippen LogP contribution >= 0.6 is 0 Å². The summed E-state index contributed by atoms with van der Waals surface area (Å²) in [4.78, 5) is 21.4. The Bertz CT molecular complexity index is 404. The molecule has 0 radical (unpaired) electrons. The highest BCUT2D eigenvalue weighted by Gasteiger charge is 2.13. The number of rotatable bonds is 3. The molecule has 0 aliphatic carbocycles. The molecule has 1 amide bonds. The SMILES string of the molecule is CNNC(=O)c1cc([N+](=O)[O-])ccc1C.